The van der Waals surface area contributed by atoms with Crippen LogP contribution in [0.4, 0.5) is 0 Å². The summed E-state index contributed by atoms with van der Waals surface area (Å²) in [6.45, 7) is 3.41. The molecule has 0 spiro atoms. The van der Waals surface area contributed by atoms with Crippen molar-refractivity contribution in [1.82, 2.24) is 0 Å². The van der Waals surface area contributed by atoms with E-state index in [1.54, 1.807) is 6.92 Å². The van der Waals surface area contributed by atoms with Gasteiger partial charge in [0.25, 0.3) is 0 Å². The molecule has 1 unspecified atom stereocenters. The molecular formula is C4H13NO8S2. The lowest BCUT2D eigenvalue weighted by molar-refractivity contribution is 0.0632. The monoisotopic (exact) mass is 267 g/mol. The van der Waals surface area contributed by atoms with Crippen molar-refractivity contribution in [3.8, 4) is 0 Å². The van der Waals surface area contributed by atoms with Crippen LogP contribution in [-0.2, 0) is 24.4 Å². The largest absolute Gasteiger partial charge is 0.413 e. The molecule has 0 aliphatic carbocycles. The van der Waals surface area contributed by atoms with Crippen LogP contribution in [0.25, 0.3) is 0 Å². The zero-order chi connectivity index (χ0) is 12.9. The van der Waals surface area contributed by atoms with Gasteiger partial charge in [-0.25, -0.2) is 0 Å². The highest BCUT2D eigenvalue weighted by Gasteiger charge is 2.15. The van der Waals surface area contributed by atoms with Crippen molar-refractivity contribution in [1.29, 1.82) is 0 Å². The third-order valence-electron chi connectivity index (χ3n) is 0.888. The molecule has 0 amide bonds. The highest BCUT2D eigenvalue weighted by Crippen LogP contribution is 1.95. The number of hydrogen-bond donors (Lipinski definition) is 4. The Morgan fingerprint density at radius 3 is 1.40 bits per heavy atom. The summed E-state index contributed by atoms with van der Waals surface area (Å²) in [7, 11) is -10.2. The summed E-state index contributed by atoms with van der Waals surface area (Å²) < 4.78 is 55.6. The van der Waals surface area contributed by atoms with Gasteiger partial charge >= 0.3 is 20.8 Å². The summed E-state index contributed by atoms with van der Waals surface area (Å²) in [6.07, 6.45) is 0.604. The van der Waals surface area contributed by atoms with E-state index in [9.17, 15) is 16.8 Å². The molecule has 9 nitrogen and oxygen atoms in total. The van der Waals surface area contributed by atoms with Crippen LogP contribution in [0.2, 0.25) is 0 Å². The van der Waals surface area contributed by atoms with E-state index in [0.29, 0.717) is 6.42 Å². The average molecular weight is 267 g/mol. The Labute approximate surface area is 87.8 Å². The molecule has 0 heterocycles. The van der Waals surface area contributed by atoms with Crippen LogP contribution in [0.3, 0.4) is 0 Å². The summed E-state index contributed by atoms with van der Waals surface area (Å²) >= 11 is 0. The zero-order valence-corrected chi connectivity index (χ0v) is 9.62. The van der Waals surface area contributed by atoms with Crippen LogP contribution in [0.1, 0.15) is 20.3 Å². The SMILES string of the molecule is CCC(C)(N)O.O=S(=O)(O)OS(=O)(=O)O. The summed E-state index contributed by atoms with van der Waals surface area (Å²) in [6, 6.07) is 0. The summed E-state index contributed by atoms with van der Waals surface area (Å²) in [5, 5.41) is 8.60. The lowest BCUT2D eigenvalue weighted by Crippen LogP contribution is -2.34. The minimum absolute atomic E-state index is 0.604. The molecular weight excluding hydrogens is 254 g/mol. The van der Waals surface area contributed by atoms with Gasteiger partial charge in [-0.05, 0) is 13.3 Å². The molecule has 0 aliphatic rings. The van der Waals surface area contributed by atoms with Gasteiger partial charge in [0.1, 0.15) is 5.72 Å². The molecule has 1 atom stereocenters. The van der Waals surface area contributed by atoms with Crippen molar-refractivity contribution in [2.24, 2.45) is 5.73 Å². The fourth-order valence-corrected chi connectivity index (χ4v) is 0.978. The second-order valence-electron chi connectivity index (χ2n) is 2.63. The number of hydrogen-bond acceptors (Lipinski definition) is 7. The lowest BCUT2D eigenvalue weighted by Gasteiger charge is -2.11. The lowest BCUT2D eigenvalue weighted by atomic mass is 10.2. The first-order valence-electron chi connectivity index (χ1n) is 3.44. The average Bonchev–Trinajstić information content (AvgIpc) is 1.78. The van der Waals surface area contributed by atoms with Gasteiger partial charge in [-0.3, -0.25) is 9.11 Å². The normalized spacial score (nSPS) is 16.1. The molecule has 0 aromatic rings. The molecule has 0 fully saturated rings. The highest BCUT2D eigenvalue weighted by molar-refractivity contribution is 7.94. The van der Waals surface area contributed by atoms with Crippen molar-refractivity contribution < 1.29 is 34.7 Å². The zero-order valence-electron chi connectivity index (χ0n) is 7.98. The number of rotatable bonds is 3. The minimum atomic E-state index is -5.12. The summed E-state index contributed by atoms with van der Waals surface area (Å²) in [4.78, 5) is 0. The Bertz CT molecular complexity index is 332. The van der Waals surface area contributed by atoms with Crippen molar-refractivity contribution in [3.63, 3.8) is 0 Å². The van der Waals surface area contributed by atoms with Crippen LogP contribution in [0, 0.1) is 0 Å². The van der Waals surface area contributed by atoms with Gasteiger partial charge in [0.2, 0.25) is 0 Å². The fraction of sp³-hybridized carbons (Fsp3) is 1.00. The molecule has 0 bridgehead atoms. The first-order valence-corrected chi connectivity index (χ1v) is 6.17. The van der Waals surface area contributed by atoms with Gasteiger partial charge < -0.3 is 10.8 Å². The van der Waals surface area contributed by atoms with Crippen LogP contribution in [0.15, 0.2) is 0 Å². The molecule has 0 rings (SSSR count). The van der Waals surface area contributed by atoms with Crippen molar-refractivity contribution in [3.05, 3.63) is 0 Å². The Morgan fingerprint density at radius 1 is 1.20 bits per heavy atom. The van der Waals surface area contributed by atoms with Gasteiger partial charge in [-0.15, -0.1) is 3.63 Å². The maximum absolute atomic E-state index is 9.44. The van der Waals surface area contributed by atoms with Crippen molar-refractivity contribution >= 4 is 20.8 Å². The van der Waals surface area contributed by atoms with E-state index >= 15 is 0 Å². The Hall–Kier alpha value is -0.300. The first-order chi connectivity index (χ1) is 6.27. The number of aliphatic hydroxyl groups is 1. The third kappa shape index (κ3) is 24.8. The Balaban J connectivity index is 0. The predicted octanol–water partition coefficient (Wildman–Crippen LogP) is -1.33. The minimum Gasteiger partial charge on any atom is -0.376 e. The van der Waals surface area contributed by atoms with Gasteiger partial charge in [-0.2, -0.15) is 16.8 Å². The van der Waals surface area contributed by atoms with Crippen LogP contribution in [0.5, 0.6) is 0 Å². The van der Waals surface area contributed by atoms with Gasteiger partial charge in [-0.1, -0.05) is 6.92 Å². The topological polar surface area (TPSA) is 164 Å². The van der Waals surface area contributed by atoms with E-state index in [1.807, 2.05) is 6.92 Å². The predicted molar refractivity (Wildman–Crippen MR) is 49.3 cm³/mol. The van der Waals surface area contributed by atoms with E-state index in [-0.39, 0.29) is 0 Å². The van der Waals surface area contributed by atoms with Crippen LogP contribution >= 0.6 is 0 Å². The molecule has 94 valence electrons. The van der Waals surface area contributed by atoms with Gasteiger partial charge in [0.05, 0.1) is 0 Å². The van der Waals surface area contributed by atoms with Gasteiger partial charge in [0, 0.05) is 0 Å². The van der Waals surface area contributed by atoms with Crippen molar-refractivity contribution in [2.45, 2.75) is 26.0 Å². The third-order valence-corrected chi connectivity index (χ3v) is 2.26. The molecule has 5 N–H and O–H groups in total. The number of nitrogens with two attached hydrogens (primary N) is 1. The van der Waals surface area contributed by atoms with E-state index < -0.39 is 26.5 Å². The fourth-order valence-electron chi connectivity index (χ4n) is 0.109. The quantitative estimate of drug-likeness (QED) is 0.358. The van der Waals surface area contributed by atoms with E-state index in [0.717, 1.165) is 0 Å². The van der Waals surface area contributed by atoms with Crippen LogP contribution < -0.4 is 5.73 Å². The second-order valence-corrected chi connectivity index (χ2v) is 4.89. The van der Waals surface area contributed by atoms with Gasteiger partial charge in [0.15, 0.2) is 0 Å². The maximum Gasteiger partial charge on any atom is 0.413 e. The van der Waals surface area contributed by atoms with E-state index in [4.69, 9.17) is 19.9 Å². The molecule has 11 heteroatoms. The molecule has 0 saturated carbocycles. The molecule has 0 saturated heterocycles. The standard InChI is InChI=1S/C4H11NO.H2O7S2/c1-3-4(2,5)6;1-8(2,3)7-9(4,5)6/h6H,3,5H2,1-2H3;(H,1,2,3)(H,4,5,6). The molecule has 0 aromatic heterocycles. The smallest absolute Gasteiger partial charge is 0.376 e. The molecule has 0 aromatic carbocycles. The Kier molecular flexibility index (Phi) is 6.49. The van der Waals surface area contributed by atoms with Crippen molar-refractivity contribution in [2.75, 3.05) is 0 Å². The van der Waals surface area contributed by atoms with E-state index in [1.165, 1.54) is 0 Å². The Morgan fingerprint density at radius 2 is 1.40 bits per heavy atom. The maximum atomic E-state index is 9.44. The highest BCUT2D eigenvalue weighted by atomic mass is 32.3. The first kappa shape index (κ1) is 17.1. The second kappa shape index (κ2) is 5.69. The molecule has 0 aliphatic heterocycles. The summed E-state index contributed by atoms with van der Waals surface area (Å²) in [5.41, 5.74) is 4.13. The van der Waals surface area contributed by atoms with E-state index in [2.05, 4.69) is 3.63 Å². The molecule has 0 radical (unpaired) electrons. The van der Waals surface area contributed by atoms with Crippen LogP contribution in [-0.4, -0.2) is 36.8 Å². The molecule has 15 heavy (non-hydrogen) atoms. The summed E-state index contributed by atoms with van der Waals surface area (Å²) in [5.74, 6) is 0.